The molecule has 0 unspecified atom stereocenters. The Bertz CT molecular complexity index is 1580. The molecule has 2 aromatic rings. The molecule has 0 radical (unpaired) electrons. The average molecular weight is 863 g/mol. The van der Waals surface area contributed by atoms with Gasteiger partial charge >= 0.3 is 12.0 Å². The fourth-order valence-electron chi connectivity index (χ4n) is 9.91. The van der Waals surface area contributed by atoms with Gasteiger partial charge in [0.25, 0.3) is 0 Å². The third-order valence-electron chi connectivity index (χ3n) is 11.9. The second-order valence-corrected chi connectivity index (χ2v) is 21.9. The monoisotopic (exact) mass is 863 g/mol. The molecule has 4 rings (SSSR count). The summed E-state index contributed by atoms with van der Waals surface area (Å²) in [6, 6.07) is 0.735. The van der Waals surface area contributed by atoms with Gasteiger partial charge in [-0.3, -0.25) is 0 Å². The molecule has 4 N–H and O–H groups in total. The van der Waals surface area contributed by atoms with Gasteiger partial charge in [0.15, 0.2) is 0 Å². The van der Waals surface area contributed by atoms with Gasteiger partial charge in [-0.2, -0.15) is 29.9 Å². The zero-order chi connectivity index (χ0) is 46.0. The topological polar surface area (TPSA) is 150 Å². The fraction of sp³-hybridized carbons (Fsp3) is 0.792. The first-order valence-electron chi connectivity index (χ1n) is 23.6. The Labute approximate surface area is 376 Å². The van der Waals surface area contributed by atoms with Crippen molar-refractivity contribution in [1.82, 2.24) is 40.5 Å². The minimum absolute atomic E-state index is 0.0927. The molecule has 2 aromatic heterocycles. The van der Waals surface area contributed by atoms with E-state index in [9.17, 15) is 0 Å². The molecule has 0 atom stereocenters. The molecule has 0 aliphatic carbocycles. The number of anilines is 4. The average Bonchev–Trinajstić information content (AvgIpc) is 3.11. The molecule has 0 bridgehead atoms. The molecule has 0 saturated carbocycles. The predicted molar refractivity (Wildman–Crippen MR) is 258 cm³/mol. The Kier molecular flexibility index (Phi) is 17.4. The number of nitrogens with one attached hydrogen (secondary N) is 4. The molecule has 62 heavy (non-hydrogen) atoms. The van der Waals surface area contributed by atoms with Crippen LogP contribution < -0.4 is 40.5 Å². The summed E-state index contributed by atoms with van der Waals surface area (Å²) in [5.74, 6) is 2.17. The van der Waals surface area contributed by atoms with Gasteiger partial charge in [0, 0.05) is 58.4 Å². The number of unbranched alkanes of at least 4 members (excludes halogenated alkanes) is 4. The van der Waals surface area contributed by atoms with Crippen molar-refractivity contribution < 1.29 is 9.47 Å². The van der Waals surface area contributed by atoms with E-state index in [-0.39, 0.29) is 70.6 Å². The van der Waals surface area contributed by atoms with Crippen molar-refractivity contribution in [1.29, 1.82) is 0 Å². The molecular formula is C48H86N12O2. The third kappa shape index (κ3) is 16.1. The van der Waals surface area contributed by atoms with E-state index in [1.54, 1.807) is 12.2 Å². The van der Waals surface area contributed by atoms with Crippen LogP contribution in [-0.2, 0) is 0 Å². The number of rotatable bonds is 25. The maximum Gasteiger partial charge on any atom is 0.323 e. The van der Waals surface area contributed by atoms with Gasteiger partial charge in [-0.15, -0.1) is 0 Å². The van der Waals surface area contributed by atoms with Crippen molar-refractivity contribution in [2.45, 2.75) is 219 Å². The van der Waals surface area contributed by atoms with Crippen LogP contribution in [0.5, 0.6) is 12.0 Å². The van der Waals surface area contributed by atoms with Gasteiger partial charge in [-0.05, 0) is 122 Å². The van der Waals surface area contributed by atoms with Crippen LogP contribution in [0, 0.1) is 0 Å². The maximum absolute atomic E-state index is 6.10. The maximum atomic E-state index is 6.10. The van der Waals surface area contributed by atoms with Crippen LogP contribution in [0.3, 0.4) is 0 Å². The van der Waals surface area contributed by atoms with E-state index in [1.165, 1.54) is 12.8 Å². The van der Waals surface area contributed by atoms with Gasteiger partial charge in [-0.25, -0.2) is 0 Å². The van der Waals surface area contributed by atoms with Gasteiger partial charge in [0.2, 0.25) is 23.8 Å². The lowest BCUT2D eigenvalue weighted by molar-refractivity contribution is 0.153. The van der Waals surface area contributed by atoms with Gasteiger partial charge in [0.1, 0.15) is 13.2 Å². The van der Waals surface area contributed by atoms with E-state index < -0.39 is 0 Å². The number of nitrogens with zero attached hydrogens (tertiary/aromatic N) is 8. The highest BCUT2D eigenvalue weighted by molar-refractivity contribution is 5.45. The highest BCUT2D eigenvalue weighted by Gasteiger charge is 2.44. The zero-order valence-electron chi connectivity index (χ0n) is 41.4. The number of ether oxygens (including phenoxy) is 2. The predicted octanol–water partition coefficient (Wildman–Crippen LogP) is 9.66. The standard InChI is InChI=1S/C48H86N12O2/c1-17-21-23-25-43(5,6)55-37-49-39(53-41(51-37)61-29-19-3)59(35-31-45(9,10)57-46(11,12)32-35)27-28-60(36-33-47(13,14)58-48(15,16)34-36)40-50-38(52-42(54-40)62-30-20-4)56-44(7,8)26-24-22-18-2/h19-20,35-36,57-58H,3-4,17-18,21-34H2,1-2,5-16H3,(H,49,51,53,55)(H,50,52,54,56). The smallest absolute Gasteiger partial charge is 0.323 e. The lowest BCUT2D eigenvalue weighted by Crippen LogP contribution is -2.64. The highest BCUT2D eigenvalue weighted by atomic mass is 16.5. The summed E-state index contributed by atoms with van der Waals surface area (Å²) in [6.07, 6.45) is 15.9. The summed E-state index contributed by atoms with van der Waals surface area (Å²) >= 11 is 0. The second kappa shape index (κ2) is 21.3. The zero-order valence-corrected chi connectivity index (χ0v) is 41.4. The van der Waals surface area contributed by atoms with Gasteiger partial charge in [0.05, 0.1) is 0 Å². The van der Waals surface area contributed by atoms with E-state index in [0.717, 1.165) is 64.2 Å². The minimum Gasteiger partial charge on any atom is -0.459 e. The minimum atomic E-state index is -0.237. The van der Waals surface area contributed by atoms with Crippen molar-refractivity contribution in [3.63, 3.8) is 0 Å². The fourth-order valence-corrected chi connectivity index (χ4v) is 9.91. The molecule has 4 heterocycles. The summed E-state index contributed by atoms with van der Waals surface area (Å²) < 4.78 is 12.2. The van der Waals surface area contributed by atoms with E-state index in [4.69, 9.17) is 39.4 Å². The van der Waals surface area contributed by atoms with Crippen molar-refractivity contribution in [2.75, 3.05) is 46.7 Å². The van der Waals surface area contributed by atoms with Crippen molar-refractivity contribution in [2.24, 2.45) is 0 Å². The van der Waals surface area contributed by atoms with Crippen molar-refractivity contribution in [3.8, 4) is 12.0 Å². The Balaban J connectivity index is 1.88. The lowest BCUT2D eigenvalue weighted by Gasteiger charge is -2.51. The Morgan fingerprint density at radius 2 is 0.919 bits per heavy atom. The Hall–Kier alpha value is -3.78. The molecule has 14 nitrogen and oxygen atoms in total. The quantitative estimate of drug-likeness (QED) is 0.0554. The normalized spacial score (nSPS) is 18.7. The lowest BCUT2D eigenvalue weighted by atomic mass is 9.78. The van der Waals surface area contributed by atoms with E-state index in [0.29, 0.717) is 36.9 Å². The number of hydrogen-bond acceptors (Lipinski definition) is 14. The van der Waals surface area contributed by atoms with E-state index in [1.807, 2.05) is 0 Å². The summed E-state index contributed by atoms with van der Waals surface area (Å²) in [4.78, 5) is 34.9. The molecular weight excluding hydrogens is 777 g/mol. The number of piperidine rings is 2. The highest BCUT2D eigenvalue weighted by Crippen LogP contribution is 2.37. The molecule has 0 amide bonds. The molecule has 0 aromatic carbocycles. The van der Waals surface area contributed by atoms with Gasteiger partial charge in [-0.1, -0.05) is 77.7 Å². The second-order valence-electron chi connectivity index (χ2n) is 21.9. The molecule has 14 heteroatoms. The first kappa shape index (κ1) is 50.9. The molecule has 2 aliphatic heterocycles. The third-order valence-corrected chi connectivity index (χ3v) is 11.9. The summed E-state index contributed by atoms with van der Waals surface area (Å²) in [7, 11) is 0. The molecule has 2 fully saturated rings. The van der Waals surface area contributed by atoms with E-state index in [2.05, 4.69) is 141 Å². The largest absolute Gasteiger partial charge is 0.459 e. The summed E-state index contributed by atoms with van der Waals surface area (Å²) in [6.45, 7) is 41.2. The summed E-state index contributed by atoms with van der Waals surface area (Å²) in [5.41, 5.74) is -1.03. The van der Waals surface area contributed by atoms with E-state index >= 15 is 0 Å². The van der Waals surface area contributed by atoms with Crippen LogP contribution in [0.4, 0.5) is 23.8 Å². The first-order chi connectivity index (χ1) is 28.9. The Morgan fingerprint density at radius 1 is 0.581 bits per heavy atom. The van der Waals surface area contributed by atoms with Crippen LogP contribution in [0.1, 0.15) is 174 Å². The number of hydrogen-bond donors (Lipinski definition) is 4. The molecule has 2 saturated heterocycles. The Morgan fingerprint density at radius 3 is 1.23 bits per heavy atom. The van der Waals surface area contributed by atoms with Gasteiger partial charge < -0.3 is 40.5 Å². The van der Waals surface area contributed by atoms with Crippen molar-refractivity contribution >= 4 is 23.8 Å². The SMILES string of the molecule is C=CCOc1nc(NC(C)(C)CCCCC)nc(N(CCN(c2nc(NC(C)(C)CCCCC)nc(OCC=C)n2)C2CC(C)(C)NC(C)(C)C2)C2CC(C)(C)NC(C)(C)C2)n1. The van der Waals surface area contributed by atoms with Crippen LogP contribution >= 0.6 is 0 Å². The van der Waals surface area contributed by atoms with Crippen LogP contribution in [0.25, 0.3) is 0 Å². The van der Waals surface area contributed by atoms with Crippen LogP contribution in [0.2, 0.25) is 0 Å². The van der Waals surface area contributed by atoms with Crippen LogP contribution in [0.15, 0.2) is 25.3 Å². The van der Waals surface area contributed by atoms with Crippen LogP contribution in [-0.4, -0.2) is 102 Å². The molecule has 0 spiro atoms. The number of aromatic nitrogens is 6. The summed E-state index contributed by atoms with van der Waals surface area (Å²) in [5, 5.41) is 15.1. The van der Waals surface area contributed by atoms with Crippen molar-refractivity contribution in [3.05, 3.63) is 25.3 Å². The first-order valence-corrected chi connectivity index (χ1v) is 23.6. The molecule has 350 valence electrons. The molecule has 2 aliphatic rings.